The normalized spacial score (nSPS) is 26.3. The van der Waals surface area contributed by atoms with Crippen molar-refractivity contribution in [3.8, 4) is 0 Å². The summed E-state index contributed by atoms with van der Waals surface area (Å²) in [4.78, 5) is 50.3. The number of likely N-dealkylation sites (tertiary alicyclic amines) is 1. The highest BCUT2D eigenvalue weighted by Gasteiger charge is 2.42. The molecule has 0 unspecified atom stereocenters. The summed E-state index contributed by atoms with van der Waals surface area (Å²) in [7, 11) is 0. The maximum Gasteiger partial charge on any atom is 0.417 e. The topological polar surface area (TPSA) is 99.3 Å². The first-order valence-electron chi connectivity index (χ1n) is 6.41. The van der Waals surface area contributed by atoms with Gasteiger partial charge in [-0.25, -0.2) is 24.2 Å². The molecule has 3 heterocycles. The molecule has 1 N–H and O–H groups in total. The molecule has 20 heavy (non-hydrogen) atoms. The molecule has 108 valence electrons. The molecule has 9 heteroatoms. The van der Waals surface area contributed by atoms with Crippen LogP contribution in [0.2, 0.25) is 0 Å². The Morgan fingerprint density at radius 3 is 2.65 bits per heavy atom. The molecule has 0 bridgehead atoms. The molecule has 3 aliphatic heterocycles. The van der Waals surface area contributed by atoms with Crippen molar-refractivity contribution in [3.63, 3.8) is 0 Å². The van der Waals surface area contributed by atoms with Crippen LogP contribution in [0.25, 0.3) is 0 Å². The minimum Gasteiger partial charge on any atom is -0.439 e. The zero-order chi connectivity index (χ0) is 14.3. The molecule has 9 nitrogen and oxygen atoms in total. The Balaban J connectivity index is 1.65. The Morgan fingerprint density at radius 1 is 1.25 bits per heavy atom. The Labute approximate surface area is 114 Å². The summed E-state index contributed by atoms with van der Waals surface area (Å²) in [6.07, 6.45) is -0.157. The van der Waals surface area contributed by atoms with Crippen molar-refractivity contribution < 1.29 is 23.9 Å². The van der Waals surface area contributed by atoms with Gasteiger partial charge >= 0.3 is 18.2 Å². The van der Waals surface area contributed by atoms with Crippen LogP contribution in [-0.2, 0) is 9.53 Å². The molecule has 3 aliphatic rings. The number of amides is 6. The standard InChI is InChI=1S/C11H14N4O5/c16-8-6-20-11(19)15(8)7-1-3-13(5-7)10(18)14-4-2-12-9(14)17/h7H,1-6H2,(H,12,17)/t7-/m1/s1. The van der Waals surface area contributed by atoms with Crippen molar-refractivity contribution >= 4 is 24.1 Å². The number of hydrogen-bond donors (Lipinski definition) is 1. The summed E-state index contributed by atoms with van der Waals surface area (Å²) in [5, 5.41) is 2.56. The van der Waals surface area contributed by atoms with E-state index in [2.05, 4.69) is 10.1 Å². The fourth-order valence-electron chi connectivity index (χ4n) is 2.67. The van der Waals surface area contributed by atoms with Gasteiger partial charge in [0.2, 0.25) is 0 Å². The second kappa shape index (κ2) is 4.66. The fourth-order valence-corrected chi connectivity index (χ4v) is 2.67. The van der Waals surface area contributed by atoms with Crippen LogP contribution in [0.5, 0.6) is 0 Å². The van der Waals surface area contributed by atoms with Gasteiger partial charge in [-0.05, 0) is 6.42 Å². The smallest absolute Gasteiger partial charge is 0.417 e. The number of nitrogens with one attached hydrogen (secondary N) is 1. The summed E-state index contributed by atoms with van der Waals surface area (Å²) in [5.41, 5.74) is 0. The number of cyclic esters (lactones) is 1. The first-order valence-corrected chi connectivity index (χ1v) is 6.41. The minimum absolute atomic E-state index is 0.238. The molecule has 1 atom stereocenters. The summed E-state index contributed by atoms with van der Waals surface area (Å²) in [6.45, 7) is 1.19. The van der Waals surface area contributed by atoms with Crippen molar-refractivity contribution in [1.82, 2.24) is 20.0 Å². The molecular formula is C11H14N4O5. The zero-order valence-corrected chi connectivity index (χ0v) is 10.7. The lowest BCUT2D eigenvalue weighted by molar-refractivity contribution is -0.127. The predicted octanol–water partition coefficient (Wildman–Crippen LogP) is -0.815. The molecule has 0 radical (unpaired) electrons. The minimum atomic E-state index is -0.659. The van der Waals surface area contributed by atoms with Gasteiger partial charge in [-0.1, -0.05) is 0 Å². The fraction of sp³-hybridized carbons (Fsp3) is 0.636. The van der Waals surface area contributed by atoms with Gasteiger partial charge in [-0.2, -0.15) is 0 Å². The van der Waals surface area contributed by atoms with Gasteiger partial charge < -0.3 is 15.0 Å². The maximum absolute atomic E-state index is 12.2. The summed E-state index contributed by atoms with van der Waals surface area (Å²) in [5.74, 6) is -0.381. The average Bonchev–Trinajstić information content (AvgIpc) is 3.10. The van der Waals surface area contributed by atoms with E-state index in [1.54, 1.807) is 0 Å². The van der Waals surface area contributed by atoms with Gasteiger partial charge in [-0.15, -0.1) is 0 Å². The number of ether oxygens (including phenoxy) is 1. The molecule has 3 saturated heterocycles. The van der Waals surface area contributed by atoms with E-state index < -0.39 is 12.1 Å². The zero-order valence-electron chi connectivity index (χ0n) is 10.7. The predicted molar refractivity (Wildman–Crippen MR) is 63.7 cm³/mol. The van der Waals surface area contributed by atoms with Crippen LogP contribution >= 0.6 is 0 Å². The lowest BCUT2D eigenvalue weighted by atomic mass is 10.2. The third-order valence-electron chi connectivity index (χ3n) is 3.67. The summed E-state index contributed by atoms with van der Waals surface area (Å²) in [6, 6.07) is -1.16. The molecule has 0 saturated carbocycles. The number of urea groups is 2. The molecule has 0 aromatic carbocycles. The van der Waals surface area contributed by atoms with Gasteiger partial charge in [0.15, 0.2) is 6.61 Å². The third-order valence-corrected chi connectivity index (χ3v) is 3.67. The molecule has 0 aromatic heterocycles. The second-order valence-electron chi connectivity index (χ2n) is 4.87. The van der Waals surface area contributed by atoms with Crippen LogP contribution in [-0.4, -0.2) is 77.6 Å². The number of hydrogen-bond acceptors (Lipinski definition) is 5. The molecule has 3 fully saturated rings. The van der Waals surface area contributed by atoms with Gasteiger partial charge in [0.25, 0.3) is 5.91 Å². The lowest BCUT2D eigenvalue weighted by Crippen LogP contribution is -2.46. The first kappa shape index (κ1) is 12.7. The Hall–Kier alpha value is -2.32. The highest BCUT2D eigenvalue weighted by atomic mass is 16.6. The van der Waals surface area contributed by atoms with Crippen molar-refractivity contribution in [3.05, 3.63) is 0 Å². The van der Waals surface area contributed by atoms with Crippen LogP contribution in [0.4, 0.5) is 14.4 Å². The van der Waals surface area contributed by atoms with Crippen molar-refractivity contribution in [1.29, 1.82) is 0 Å². The Kier molecular flexibility index (Phi) is 2.96. The van der Waals surface area contributed by atoms with Crippen LogP contribution < -0.4 is 5.32 Å². The van der Waals surface area contributed by atoms with E-state index in [0.717, 1.165) is 9.80 Å². The Morgan fingerprint density at radius 2 is 2.05 bits per heavy atom. The molecular weight excluding hydrogens is 268 g/mol. The lowest BCUT2D eigenvalue weighted by Gasteiger charge is -2.23. The van der Waals surface area contributed by atoms with Crippen molar-refractivity contribution in [2.24, 2.45) is 0 Å². The van der Waals surface area contributed by atoms with Crippen LogP contribution in [0, 0.1) is 0 Å². The van der Waals surface area contributed by atoms with Crippen LogP contribution in [0.15, 0.2) is 0 Å². The average molecular weight is 282 g/mol. The molecule has 3 rings (SSSR count). The number of nitrogens with zero attached hydrogens (tertiary/aromatic N) is 3. The second-order valence-corrected chi connectivity index (χ2v) is 4.87. The quantitative estimate of drug-likeness (QED) is 0.677. The highest BCUT2D eigenvalue weighted by molar-refractivity contribution is 5.98. The van der Waals surface area contributed by atoms with E-state index in [0.29, 0.717) is 26.1 Å². The van der Waals surface area contributed by atoms with Crippen LogP contribution in [0.1, 0.15) is 6.42 Å². The molecule has 6 amide bonds. The molecule has 0 aromatic rings. The SMILES string of the molecule is O=C1NCCN1C(=O)N1CC[C@@H](N2C(=O)COC2=O)C1. The first-order chi connectivity index (χ1) is 9.58. The van der Waals surface area contributed by atoms with Crippen molar-refractivity contribution in [2.45, 2.75) is 12.5 Å². The van der Waals surface area contributed by atoms with Gasteiger partial charge in [-0.3, -0.25) is 4.79 Å². The van der Waals surface area contributed by atoms with Gasteiger partial charge in [0, 0.05) is 26.2 Å². The Bertz CT molecular complexity index is 477. The summed E-state index contributed by atoms with van der Waals surface area (Å²) >= 11 is 0. The van der Waals surface area contributed by atoms with E-state index in [4.69, 9.17) is 0 Å². The van der Waals surface area contributed by atoms with E-state index in [-0.39, 0.29) is 31.1 Å². The number of imide groups is 2. The van der Waals surface area contributed by atoms with Crippen molar-refractivity contribution in [2.75, 3.05) is 32.8 Å². The molecule has 0 spiro atoms. The highest BCUT2D eigenvalue weighted by Crippen LogP contribution is 2.21. The largest absolute Gasteiger partial charge is 0.439 e. The number of carbonyl (C=O) groups is 4. The van der Waals surface area contributed by atoms with Gasteiger partial charge in [0.1, 0.15) is 0 Å². The third kappa shape index (κ3) is 1.95. The molecule has 0 aliphatic carbocycles. The van der Waals surface area contributed by atoms with Crippen LogP contribution in [0.3, 0.4) is 0 Å². The summed E-state index contributed by atoms with van der Waals surface area (Å²) < 4.78 is 4.66. The van der Waals surface area contributed by atoms with E-state index >= 15 is 0 Å². The van der Waals surface area contributed by atoms with E-state index in [9.17, 15) is 19.2 Å². The van der Waals surface area contributed by atoms with Gasteiger partial charge in [0.05, 0.1) is 6.04 Å². The maximum atomic E-state index is 12.2. The number of carbonyl (C=O) groups excluding carboxylic acids is 4. The number of rotatable bonds is 1. The van der Waals surface area contributed by atoms with E-state index in [1.165, 1.54) is 4.90 Å². The van der Waals surface area contributed by atoms with E-state index in [1.807, 2.05) is 0 Å². The monoisotopic (exact) mass is 282 g/mol.